The van der Waals surface area contributed by atoms with Gasteiger partial charge in [0.1, 0.15) is 11.9 Å². The molecule has 1 aliphatic heterocycles. The number of amides is 1. The molecule has 0 aliphatic carbocycles. The maximum atomic E-state index is 12.8. The van der Waals surface area contributed by atoms with E-state index in [1.165, 1.54) is 5.56 Å². The van der Waals surface area contributed by atoms with Gasteiger partial charge in [-0.05, 0) is 60.9 Å². The quantitative estimate of drug-likeness (QED) is 0.614. The number of pyridine rings is 2. The van der Waals surface area contributed by atoms with Crippen LogP contribution in [-0.4, -0.2) is 47.6 Å². The van der Waals surface area contributed by atoms with Crippen LogP contribution in [0.3, 0.4) is 0 Å². The molecule has 3 heterocycles. The van der Waals surface area contributed by atoms with Crippen molar-refractivity contribution in [1.29, 1.82) is 0 Å². The number of carbonyl (C=O) groups is 1. The minimum Gasteiger partial charge on any atom is -0.497 e. The molecule has 6 heteroatoms. The Balaban J connectivity index is 1.47. The summed E-state index contributed by atoms with van der Waals surface area (Å²) < 4.78 is 11.3. The highest BCUT2D eigenvalue weighted by molar-refractivity contribution is 5.78. The fraction of sp³-hybridized carbons (Fsp3) is 0.320. The monoisotopic (exact) mass is 417 g/mol. The average Bonchev–Trinajstić information content (AvgIpc) is 2.79. The molecule has 160 valence electrons. The smallest absolute Gasteiger partial charge is 0.228 e. The van der Waals surface area contributed by atoms with Crippen LogP contribution in [0.15, 0.2) is 60.8 Å². The van der Waals surface area contributed by atoms with E-state index in [9.17, 15) is 4.79 Å². The van der Waals surface area contributed by atoms with Gasteiger partial charge in [0.05, 0.1) is 32.4 Å². The maximum Gasteiger partial charge on any atom is 0.228 e. The lowest BCUT2D eigenvalue weighted by Gasteiger charge is -2.33. The molecule has 2 aromatic heterocycles. The fourth-order valence-electron chi connectivity index (χ4n) is 3.88. The summed E-state index contributed by atoms with van der Waals surface area (Å²) in [5, 5.41) is 0. The molecule has 0 radical (unpaired) electrons. The number of aromatic nitrogens is 2. The molecule has 1 aromatic carbocycles. The van der Waals surface area contributed by atoms with Crippen LogP contribution in [0.5, 0.6) is 5.75 Å². The Morgan fingerprint density at radius 2 is 2.06 bits per heavy atom. The van der Waals surface area contributed by atoms with Gasteiger partial charge in [0.15, 0.2) is 0 Å². The van der Waals surface area contributed by atoms with Gasteiger partial charge in [-0.15, -0.1) is 0 Å². The lowest BCUT2D eigenvalue weighted by Crippen LogP contribution is -2.43. The van der Waals surface area contributed by atoms with Crippen LogP contribution in [-0.2, 0) is 22.4 Å². The predicted molar refractivity (Wildman–Crippen MR) is 118 cm³/mol. The first-order chi connectivity index (χ1) is 15.1. The molecule has 6 nitrogen and oxygen atoms in total. The molecule has 1 saturated heterocycles. The van der Waals surface area contributed by atoms with Gasteiger partial charge in [-0.25, -0.2) is 0 Å². The largest absolute Gasteiger partial charge is 0.497 e. The molecule has 0 spiro atoms. The fourth-order valence-corrected chi connectivity index (χ4v) is 3.88. The summed E-state index contributed by atoms with van der Waals surface area (Å²) in [5.74, 6) is 0.914. The molecule has 1 atom stereocenters. The third kappa shape index (κ3) is 5.47. The van der Waals surface area contributed by atoms with E-state index in [4.69, 9.17) is 14.5 Å². The second kappa shape index (κ2) is 9.71. The number of hydrogen-bond donors (Lipinski definition) is 0. The molecule has 0 saturated carbocycles. The lowest BCUT2D eigenvalue weighted by atomic mass is 10.0. The number of hydrogen-bond acceptors (Lipinski definition) is 5. The van der Waals surface area contributed by atoms with Crippen molar-refractivity contribution < 1.29 is 14.3 Å². The van der Waals surface area contributed by atoms with Gasteiger partial charge in [0, 0.05) is 24.1 Å². The second-order valence-corrected chi connectivity index (χ2v) is 7.77. The number of rotatable bonds is 6. The molecule has 1 amide bonds. The van der Waals surface area contributed by atoms with E-state index < -0.39 is 0 Å². The van der Waals surface area contributed by atoms with Crippen LogP contribution in [0.25, 0.3) is 0 Å². The van der Waals surface area contributed by atoms with Crippen LogP contribution in [0.2, 0.25) is 0 Å². The zero-order valence-electron chi connectivity index (χ0n) is 18.0. The van der Waals surface area contributed by atoms with Crippen LogP contribution < -0.4 is 4.74 Å². The maximum absolute atomic E-state index is 12.8. The average molecular weight is 418 g/mol. The van der Waals surface area contributed by atoms with Crippen molar-refractivity contribution in [1.82, 2.24) is 14.9 Å². The highest BCUT2D eigenvalue weighted by Gasteiger charge is 2.27. The van der Waals surface area contributed by atoms with E-state index in [1.54, 1.807) is 13.3 Å². The Bertz CT molecular complexity index is 1040. The Morgan fingerprint density at radius 3 is 2.87 bits per heavy atom. The summed E-state index contributed by atoms with van der Waals surface area (Å²) in [6.07, 6.45) is 2.56. The number of morpholine rings is 1. The van der Waals surface area contributed by atoms with Gasteiger partial charge >= 0.3 is 0 Å². The Morgan fingerprint density at radius 1 is 1.16 bits per heavy atom. The minimum absolute atomic E-state index is 0.0660. The molecule has 31 heavy (non-hydrogen) atoms. The number of methoxy groups -OCH3 is 1. The number of benzene rings is 1. The van der Waals surface area contributed by atoms with Gasteiger partial charge in [0.2, 0.25) is 5.91 Å². The van der Waals surface area contributed by atoms with Crippen LogP contribution in [0, 0.1) is 6.92 Å². The molecule has 1 aliphatic rings. The first-order valence-electron chi connectivity index (χ1n) is 10.5. The number of carbonyl (C=O) groups excluding carboxylic acids is 1. The standard InChI is InChI=1S/C25H27N3O3/c1-18-12-20(13-19-6-5-8-22(14-19)30-2)15-23(27-18)24-17-28(10-11-31-24)25(29)16-21-7-3-4-9-26-21/h3-9,12,14-15,24H,10-11,13,16-17H2,1-2H3/t24-/m1/s1. The van der Waals surface area contributed by atoms with E-state index in [2.05, 4.69) is 23.2 Å². The van der Waals surface area contributed by atoms with Gasteiger partial charge in [-0.2, -0.15) is 0 Å². The zero-order chi connectivity index (χ0) is 21.6. The zero-order valence-corrected chi connectivity index (χ0v) is 18.0. The Kier molecular flexibility index (Phi) is 6.57. The number of nitrogens with zero attached hydrogens (tertiary/aromatic N) is 3. The molecule has 3 aromatic rings. The highest BCUT2D eigenvalue weighted by atomic mass is 16.5. The SMILES string of the molecule is COc1cccc(Cc2cc(C)nc([C@H]3CN(C(=O)Cc4ccccn4)CCO3)c2)c1. The van der Waals surface area contributed by atoms with E-state index in [0.717, 1.165) is 34.8 Å². The first-order valence-corrected chi connectivity index (χ1v) is 10.5. The molecular weight excluding hydrogens is 390 g/mol. The molecule has 0 N–H and O–H groups in total. The van der Waals surface area contributed by atoms with E-state index in [0.29, 0.717) is 26.1 Å². The van der Waals surface area contributed by atoms with Crippen molar-refractivity contribution in [3.8, 4) is 5.75 Å². The van der Waals surface area contributed by atoms with Crippen LogP contribution >= 0.6 is 0 Å². The van der Waals surface area contributed by atoms with Crippen molar-refractivity contribution in [2.45, 2.75) is 25.9 Å². The number of ether oxygens (including phenoxy) is 2. The van der Waals surface area contributed by atoms with Crippen molar-refractivity contribution in [3.05, 3.63) is 89.0 Å². The Labute approximate surface area is 182 Å². The summed E-state index contributed by atoms with van der Waals surface area (Å²) in [6, 6.07) is 17.9. The first kappa shape index (κ1) is 21.0. The van der Waals surface area contributed by atoms with Crippen molar-refractivity contribution in [2.24, 2.45) is 0 Å². The van der Waals surface area contributed by atoms with Crippen LogP contribution in [0.1, 0.15) is 34.3 Å². The van der Waals surface area contributed by atoms with E-state index in [-0.39, 0.29) is 12.0 Å². The van der Waals surface area contributed by atoms with Crippen molar-refractivity contribution >= 4 is 5.91 Å². The highest BCUT2D eigenvalue weighted by Crippen LogP contribution is 2.24. The summed E-state index contributed by atoms with van der Waals surface area (Å²) in [7, 11) is 1.68. The van der Waals surface area contributed by atoms with Crippen molar-refractivity contribution in [2.75, 3.05) is 26.8 Å². The van der Waals surface area contributed by atoms with Crippen molar-refractivity contribution in [3.63, 3.8) is 0 Å². The molecule has 4 rings (SSSR count). The minimum atomic E-state index is -0.231. The molecule has 1 fully saturated rings. The predicted octanol–water partition coefficient (Wildman–Crippen LogP) is 3.53. The van der Waals surface area contributed by atoms with E-state index in [1.807, 2.05) is 48.2 Å². The van der Waals surface area contributed by atoms with Gasteiger partial charge < -0.3 is 14.4 Å². The van der Waals surface area contributed by atoms with Gasteiger partial charge in [-0.3, -0.25) is 14.8 Å². The molecule has 0 unspecified atom stereocenters. The number of aryl methyl sites for hydroxylation is 1. The van der Waals surface area contributed by atoms with Crippen LogP contribution in [0.4, 0.5) is 0 Å². The topological polar surface area (TPSA) is 64.5 Å². The summed E-state index contributed by atoms with van der Waals surface area (Å²) in [6.45, 7) is 3.58. The summed E-state index contributed by atoms with van der Waals surface area (Å²) in [5.41, 5.74) is 4.93. The third-order valence-electron chi connectivity index (χ3n) is 5.38. The molecular formula is C25H27N3O3. The van der Waals surface area contributed by atoms with Gasteiger partial charge in [0.25, 0.3) is 0 Å². The normalized spacial score (nSPS) is 16.2. The second-order valence-electron chi connectivity index (χ2n) is 7.77. The lowest BCUT2D eigenvalue weighted by molar-refractivity contribution is -0.138. The van der Waals surface area contributed by atoms with E-state index >= 15 is 0 Å². The third-order valence-corrected chi connectivity index (χ3v) is 5.38. The Hall–Kier alpha value is -3.25. The summed E-state index contributed by atoms with van der Waals surface area (Å²) in [4.78, 5) is 23.6. The van der Waals surface area contributed by atoms with Gasteiger partial charge in [-0.1, -0.05) is 18.2 Å². The molecule has 0 bridgehead atoms. The summed E-state index contributed by atoms with van der Waals surface area (Å²) >= 11 is 0.